The molecule has 0 aliphatic rings. The van der Waals surface area contributed by atoms with E-state index in [0.717, 1.165) is 24.4 Å². The van der Waals surface area contributed by atoms with Gasteiger partial charge in [0.1, 0.15) is 0 Å². The van der Waals surface area contributed by atoms with Gasteiger partial charge in [-0.05, 0) is 25.8 Å². The minimum absolute atomic E-state index is 0.253. The van der Waals surface area contributed by atoms with Gasteiger partial charge in [-0.3, -0.25) is 4.68 Å². The lowest BCUT2D eigenvalue weighted by Crippen LogP contribution is -2.21. The maximum atomic E-state index is 9.96. The molecule has 3 heteroatoms. The van der Waals surface area contributed by atoms with Crippen molar-refractivity contribution in [3.8, 4) is 0 Å². The van der Waals surface area contributed by atoms with Crippen molar-refractivity contribution in [2.24, 2.45) is 5.92 Å². The van der Waals surface area contributed by atoms with Crippen LogP contribution in [0.5, 0.6) is 0 Å². The summed E-state index contributed by atoms with van der Waals surface area (Å²) in [5.74, 6) is 0.352. The fourth-order valence-corrected chi connectivity index (χ4v) is 1.72. The zero-order chi connectivity index (χ0) is 11.4. The molecule has 0 saturated carbocycles. The molecule has 86 valence electrons. The standard InChI is InChI=1S/C12H22N2O/c1-5-9(3)12(15)8-11-7-10(4)13-14(11)6-2/h7,9,12,15H,5-6,8H2,1-4H3. The molecular formula is C12H22N2O. The first kappa shape index (κ1) is 12.2. The second kappa shape index (κ2) is 5.31. The Labute approximate surface area is 92.1 Å². The number of nitrogens with zero attached hydrogens (tertiary/aromatic N) is 2. The first-order valence-electron chi connectivity index (χ1n) is 5.79. The Morgan fingerprint density at radius 1 is 1.47 bits per heavy atom. The Hall–Kier alpha value is -0.830. The molecule has 15 heavy (non-hydrogen) atoms. The van der Waals surface area contributed by atoms with E-state index >= 15 is 0 Å². The van der Waals surface area contributed by atoms with E-state index in [4.69, 9.17) is 0 Å². The SMILES string of the molecule is CCC(C)C(O)Cc1cc(C)nn1CC. The minimum atomic E-state index is -0.253. The van der Waals surface area contributed by atoms with E-state index in [2.05, 4.69) is 31.9 Å². The van der Waals surface area contributed by atoms with Crippen LogP contribution in [0.2, 0.25) is 0 Å². The van der Waals surface area contributed by atoms with Gasteiger partial charge in [-0.1, -0.05) is 20.3 Å². The van der Waals surface area contributed by atoms with Crippen LogP contribution in [-0.2, 0) is 13.0 Å². The molecule has 0 radical (unpaired) electrons. The predicted octanol–water partition coefficient (Wildman–Crippen LogP) is 2.16. The summed E-state index contributed by atoms with van der Waals surface area (Å²) in [7, 11) is 0. The fraction of sp³-hybridized carbons (Fsp3) is 0.750. The van der Waals surface area contributed by atoms with Crippen LogP contribution in [0.25, 0.3) is 0 Å². The topological polar surface area (TPSA) is 38.1 Å². The Bertz CT molecular complexity index is 307. The first-order chi connectivity index (χ1) is 7.08. The highest BCUT2D eigenvalue weighted by Crippen LogP contribution is 2.14. The average molecular weight is 210 g/mol. The third-order valence-corrected chi connectivity index (χ3v) is 3.00. The summed E-state index contributed by atoms with van der Waals surface area (Å²) < 4.78 is 1.97. The van der Waals surface area contributed by atoms with Gasteiger partial charge in [-0.2, -0.15) is 5.10 Å². The molecule has 0 bridgehead atoms. The van der Waals surface area contributed by atoms with Crippen LogP contribution in [0.3, 0.4) is 0 Å². The summed E-state index contributed by atoms with van der Waals surface area (Å²) in [5.41, 5.74) is 2.17. The Morgan fingerprint density at radius 2 is 2.13 bits per heavy atom. The molecule has 2 atom stereocenters. The van der Waals surface area contributed by atoms with E-state index in [1.807, 2.05) is 11.6 Å². The smallest absolute Gasteiger partial charge is 0.0620 e. The molecule has 0 amide bonds. The molecule has 0 aromatic carbocycles. The fourth-order valence-electron chi connectivity index (χ4n) is 1.72. The zero-order valence-corrected chi connectivity index (χ0v) is 10.2. The van der Waals surface area contributed by atoms with Gasteiger partial charge in [0.05, 0.1) is 11.8 Å². The van der Waals surface area contributed by atoms with Gasteiger partial charge in [-0.15, -0.1) is 0 Å². The van der Waals surface area contributed by atoms with Crippen LogP contribution in [0.4, 0.5) is 0 Å². The van der Waals surface area contributed by atoms with Gasteiger partial charge in [0.25, 0.3) is 0 Å². The highest BCUT2D eigenvalue weighted by atomic mass is 16.3. The minimum Gasteiger partial charge on any atom is -0.392 e. The maximum Gasteiger partial charge on any atom is 0.0620 e. The number of hydrogen-bond acceptors (Lipinski definition) is 2. The molecule has 1 aromatic heterocycles. The molecule has 1 heterocycles. The molecule has 2 unspecified atom stereocenters. The second-order valence-corrected chi connectivity index (χ2v) is 4.25. The van der Waals surface area contributed by atoms with Crippen molar-refractivity contribution in [1.82, 2.24) is 9.78 Å². The molecule has 0 saturated heterocycles. The van der Waals surface area contributed by atoms with Crippen molar-refractivity contribution in [2.75, 3.05) is 0 Å². The van der Waals surface area contributed by atoms with Gasteiger partial charge < -0.3 is 5.11 Å². The Morgan fingerprint density at radius 3 is 2.67 bits per heavy atom. The van der Waals surface area contributed by atoms with Crippen LogP contribution in [-0.4, -0.2) is 21.0 Å². The Balaban J connectivity index is 2.70. The largest absolute Gasteiger partial charge is 0.392 e. The summed E-state index contributed by atoms with van der Waals surface area (Å²) in [4.78, 5) is 0. The third kappa shape index (κ3) is 3.06. The van der Waals surface area contributed by atoms with E-state index in [1.54, 1.807) is 0 Å². The normalized spacial score (nSPS) is 15.3. The highest BCUT2D eigenvalue weighted by Gasteiger charge is 2.15. The van der Waals surface area contributed by atoms with Gasteiger partial charge >= 0.3 is 0 Å². The summed E-state index contributed by atoms with van der Waals surface area (Å²) in [5, 5.41) is 14.3. The summed E-state index contributed by atoms with van der Waals surface area (Å²) in [6.07, 6.45) is 1.47. The number of hydrogen-bond donors (Lipinski definition) is 1. The molecule has 1 N–H and O–H groups in total. The number of aryl methyl sites for hydroxylation is 2. The molecule has 0 aliphatic carbocycles. The number of aliphatic hydroxyl groups excluding tert-OH is 1. The quantitative estimate of drug-likeness (QED) is 0.808. The number of aromatic nitrogens is 2. The van der Waals surface area contributed by atoms with Gasteiger partial charge in [0.2, 0.25) is 0 Å². The number of aliphatic hydroxyl groups is 1. The van der Waals surface area contributed by atoms with E-state index < -0.39 is 0 Å². The lowest BCUT2D eigenvalue weighted by atomic mass is 9.98. The highest BCUT2D eigenvalue weighted by molar-refractivity contribution is 5.10. The lowest BCUT2D eigenvalue weighted by Gasteiger charge is -2.17. The van der Waals surface area contributed by atoms with Crippen molar-refractivity contribution < 1.29 is 5.11 Å². The van der Waals surface area contributed by atoms with Crippen LogP contribution < -0.4 is 0 Å². The van der Waals surface area contributed by atoms with Crippen molar-refractivity contribution in [3.05, 3.63) is 17.5 Å². The molecule has 0 spiro atoms. The van der Waals surface area contributed by atoms with E-state index in [-0.39, 0.29) is 6.10 Å². The summed E-state index contributed by atoms with van der Waals surface area (Å²) in [6.45, 7) is 9.13. The van der Waals surface area contributed by atoms with E-state index in [0.29, 0.717) is 12.3 Å². The molecule has 1 aromatic rings. The van der Waals surface area contributed by atoms with Gasteiger partial charge in [-0.25, -0.2) is 0 Å². The molecular weight excluding hydrogens is 188 g/mol. The zero-order valence-electron chi connectivity index (χ0n) is 10.2. The van der Waals surface area contributed by atoms with Crippen LogP contribution in [0.15, 0.2) is 6.07 Å². The van der Waals surface area contributed by atoms with Gasteiger partial charge in [0, 0.05) is 18.7 Å². The van der Waals surface area contributed by atoms with Crippen molar-refractivity contribution >= 4 is 0 Å². The van der Waals surface area contributed by atoms with E-state index in [9.17, 15) is 5.11 Å². The van der Waals surface area contributed by atoms with Crippen LogP contribution >= 0.6 is 0 Å². The van der Waals surface area contributed by atoms with Crippen molar-refractivity contribution in [3.63, 3.8) is 0 Å². The van der Waals surface area contributed by atoms with Crippen LogP contribution in [0.1, 0.15) is 38.6 Å². The molecule has 0 fully saturated rings. The average Bonchev–Trinajstić information content (AvgIpc) is 2.57. The monoisotopic (exact) mass is 210 g/mol. The molecule has 3 nitrogen and oxygen atoms in total. The second-order valence-electron chi connectivity index (χ2n) is 4.25. The molecule has 1 rings (SSSR count). The lowest BCUT2D eigenvalue weighted by molar-refractivity contribution is 0.112. The summed E-state index contributed by atoms with van der Waals surface area (Å²) >= 11 is 0. The van der Waals surface area contributed by atoms with Crippen LogP contribution in [0, 0.1) is 12.8 Å². The van der Waals surface area contributed by atoms with Crippen molar-refractivity contribution in [2.45, 2.75) is 53.2 Å². The van der Waals surface area contributed by atoms with E-state index in [1.165, 1.54) is 0 Å². The maximum absolute atomic E-state index is 9.96. The number of rotatable bonds is 5. The third-order valence-electron chi connectivity index (χ3n) is 3.00. The van der Waals surface area contributed by atoms with Crippen molar-refractivity contribution in [1.29, 1.82) is 0 Å². The Kier molecular flexibility index (Phi) is 4.33. The van der Waals surface area contributed by atoms with Gasteiger partial charge in [0.15, 0.2) is 0 Å². The molecule has 0 aliphatic heterocycles. The summed E-state index contributed by atoms with van der Waals surface area (Å²) in [6, 6.07) is 2.06. The first-order valence-corrected chi connectivity index (χ1v) is 5.79. The predicted molar refractivity (Wildman–Crippen MR) is 61.8 cm³/mol.